The maximum absolute atomic E-state index is 12.7. The summed E-state index contributed by atoms with van der Waals surface area (Å²) in [7, 11) is 1.35. The number of ether oxygens (including phenoxy) is 2. The molecule has 5 nitrogen and oxygen atoms in total. The van der Waals surface area contributed by atoms with E-state index in [1.54, 1.807) is 36.1 Å². The lowest BCUT2D eigenvalue weighted by atomic mass is 10.1. The smallest absolute Gasteiger partial charge is 0.310 e. The van der Waals surface area contributed by atoms with Crippen molar-refractivity contribution in [3.8, 4) is 11.5 Å². The van der Waals surface area contributed by atoms with E-state index in [1.165, 1.54) is 7.11 Å². The predicted molar refractivity (Wildman–Crippen MR) is 95.7 cm³/mol. The van der Waals surface area contributed by atoms with Gasteiger partial charge < -0.3 is 14.4 Å². The number of carbonyl (C=O) groups is 2. The zero-order chi connectivity index (χ0) is 18.2. The fourth-order valence-corrected chi connectivity index (χ4v) is 2.46. The molecule has 0 spiro atoms. The molecule has 0 aromatic heterocycles. The van der Waals surface area contributed by atoms with E-state index in [2.05, 4.69) is 0 Å². The molecule has 132 valence electrons. The van der Waals surface area contributed by atoms with Crippen LogP contribution in [0.3, 0.4) is 0 Å². The van der Waals surface area contributed by atoms with Crippen LogP contribution in [0.4, 0.5) is 0 Å². The molecule has 0 saturated heterocycles. The van der Waals surface area contributed by atoms with Crippen LogP contribution in [0.25, 0.3) is 0 Å². The number of hydrogen-bond acceptors (Lipinski definition) is 4. The van der Waals surface area contributed by atoms with Crippen molar-refractivity contribution < 1.29 is 19.1 Å². The van der Waals surface area contributed by atoms with Gasteiger partial charge in [-0.2, -0.15) is 0 Å². The summed E-state index contributed by atoms with van der Waals surface area (Å²) in [6.07, 6.45) is 0. The van der Waals surface area contributed by atoms with Gasteiger partial charge in [0, 0.05) is 18.7 Å². The third kappa shape index (κ3) is 5.08. The van der Waals surface area contributed by atoms with Gasteiger partial charge in [-0.15, -0.1) is 0 Å². The largest absolute Gasteiger partial charge is 0.469 e. The number of methoxy groups -OCH3 is 1. The summed E-state index contributed by atoms with van der Waals surface area (Å²) < 4.78 is 10.5. The van der Waals surface area contributed by atoms with E-state index in [1.807, 2.05) is 37.3 Å². The first-order valence-electron chi connectivity index (χ1n) is 8.25. The summed E-state index contributed by atoms with van der Waals surface area (Å²) in [5, 5.41) is 0. The predicted octanol–water partition coefficient (Wildman–Crippen LogP) is 3.75. The van der Waals surface area contributed by atoms with Gasteiger partial charge in [-0.05, 0) is 37.3 Å². The molecule has 1 atom stereocenters. The van der Waals surface area contributed by atoms with Crippen molar-refractivity contribution >= 4 is 11.9 Å². The van der Waals surface area contributed by atoms with Crippen LogP contribution in [-0.4, -0.2) is 37.0 Å². The van der Waals surface area contributed by atoms with Gasteiger partial charge >= 0.3 is 5.97 Å². The molecule has 0 fully saturated rings. The molecular weight excluding hydrogens is 318 g/mol. The van der Waals surface area contributed by atoms with Gasteiger partial charge in [0.25, 0.3) is 5.91 Å². The first-order chi connectivity index (χ1) is 12.0. The Labute approximate surface area is 148 Å². The average molecular weight is 341 g/mol. The molecule has 1 unspecified atom stereocenters. The Morgan fingerprint density at radius 3 is 2.36 bits per heavy atom. The molecule has 0 heterocycles. The Bertz CT molecular complexity index is 715. The Balaban J connectivity index is 2.12. The second-order valence-corrected chi connectivity index (χ2v) is 5.71. The van der Waals surface area contributed by atoms with Crippen molar-refractivity contribution in [2.45, 2.75) is 13.8 Å². The Kier molecular flexibility index (Phi) is 6.57. The van der Waals surface area contributed by atoms with Crippen molar-refractivity contribution in [1.82, 2.24) is 4.90 Å². The molecule has 0 aliphatic heterocycles. The molecule has 0 N–H and O–H groups in total. The van der Waals surface area contributed by atoms with Gasteiger partial charge in [0.1, 0.15) is 11.5 Å². The van der Waals surface area contributed by atoms with Crippen molar-refractivity contribution in [1.29, 1.82) is 0 Å². The second kappa shape index (κ2) is 8.87. The number of rotatable bonds is 7. The zero-order valence-corrected chi connectivity index (χ0v) is 14.8. The van der Waals surface area contributed by atoms with Crippen LogP contribution in [0.1, 0.15) is 24.2 Å². The Morgan fingerprint density at radius 2 is 1.72 bits per heavy atom. The number of nitrogens with zero attached hydrogens (tertiary/aromatic N) is 1. The van der Waals surface area contributed by atoms with Crippen LogP contribution < -0.4 is 4.74 Å². The standard InChI is InChI=1S/C20H23NO4/c1-4-21(14-15(2)20(23)24-3)19(22)16-9-8-12-18(13-16)25-17-10-6-5-7-11-17/h5-13,15H,4,14H2,1-3H3. The normalized spacial score (nSPS) is 11.5. The van der Waals surface area contributed by atoms with Gasteiger partial charge in [-0.25, -0.2) is 0 Å². The SMILES string of the molecule is CCN(CC(C)C(=O)OC)C(=O)c1cccc(Oc2ccccc2)c1. The van der Waals surface area contributed by atoms with E-state index < -0.39 is 0 Å². The van der Waals surface area contributed by atoms with E-state index in [0.29, 0.717) is 30.2 Å². The first-order valence-corrected chi connectivity index (χ1v) is 8.25. The van der Waals surface area contributed by atoms with Crippen molar-refractivity contribution in [3.63, 3.8) is 0 Å². The van der Waals surface area contributed by atoms with E-state index in [4.69, 9.17) is 9.47 Å². The minimum absolute atomic E-state index is 0.142. The number of hydrogen-bond donors (Lipinski definition) is 0. The summed E-state index contributed by atoms with van der Waals surface area (Å²) in [6, 6.07) is 16.4. The zero-order valence-electron chi connectivity index (χ0n) is 14.8. The summed E-state index contributed by atoms with van der Waals surface area (Å²) in [5.41, 5.74) is 0.521. The number of amides is 1. The van der Waals surface area contributed by atoms with E-state index in [9.17, 15) is 9.59 Å². The quantitative estimate of drug-likeness (QED) is 0.720. The molecule has 0 aliphatic rings. The van der Waals surface area contributed by atoms with Crippen LogP contribution in [0.5, 0.6) is 11.5 Å². The highest BCUT2D eigenvalue weighted by Gasteiger charge is 2.21. The third-order valence-electron chi connectivity index (χ3n) is 3.83. The topological polar surface area (TPSA) is 55.8 Å². The number of esters is 1. The minimum Gasteiger partial charge on any atom is -0.469 e. The molecule has 0 saturated carbocycles. The van der Waals surface area contributed by atoms with Gasteiger partial charge in [0.15, 0.2) is 0 Å². The first kappa shape index (κ1) is 18.5. The molecule has 0 aliphatic carbocycles. The van der Waals surface area contributed by atoms with Crippen molar-refractivity contribution in [2.75, 3.05) is 20.2 Å². The highest BCUT2D eigenvalue weighted by Crippen LogP contribution is 2.22. The molecule has 0 radical (unpaired) electrons. The van der Waals surface area contributed by atoms with Crippen LogP contribution in [-0.2, 0) is 9.53 Å². The molecule has 25 heavy (non-hydrogen) atoms. The number of para-hydroxylation sites is 1. The lowest BCUT2D eigenvalue weighted by Crippen LogP contribution is -2.37. The Hall–Kier alpha value is -2.82. The average Bonchev–Trinajstić information content (AvgIpc) is 2.65. The molecule has 0 bridgehead atoms. The summed E-state index contributed by atoms with van der Waals surface area (Å²) in [4.78, 5) is 26.0. The van der Waals surface area contributed by atoms with Gasteiger partial charge in [0.2, 0.25) is 0 Å². The van der Waals surface area contributed by atoms with Gasteiger partial charge in [0.05, 0.1) is 13.0 Å². The highest BCUT2D eigenvalue weighted by molar-refractivity contribution is 5.94. The van der Waals surface area contributed by atoms with E-state index in [-0.39, 0.29) is 17.8 Å². The van der Waals surface area contributed by atoms with Crippen molar-refractivity contribution in [3.05, 3.63) is 60.2 Å². The molecule has 2 aromatic carbocycles. The van der Waals surface area contributed by atoms with Crippen LogP contribution in [0, 0.1) is 5.92 Å². The molecular formula is C20H23NO4. The molecule has 2 aromatic rings. The molecule has 2 rings (SSSR count). The molecule has 5 heteroatoms. The van der Waals surface area contributed by atoms with Gasteiger partial charge in [-0.3, -0.25) is 9.59 Å². The summed E-state index contributed by atoms with van der Waals surface area (Å²) in [5.74, 6) is 0.453. The minimum atomic E-state index is -0.377. The fourth-order valence-electron chi connectivity index (χ4n) is 2.46. The van der Waals surface area contributed by atoms with Gasteiger partial charge in [-0.1, -0.05) is 31.2 Å². The van der Waals surface area contributed by atoms with E-state index in [0.717, 1.165) is 0 Å². The highest BCUT2D eigenvalue weighted by atomic mass is 16.5. The maximum Gasteiger partial charge on any atom is 0.310 e. The number of benzene rings is 2. The maximum atomic E-state index is 12.7. The third-order valence-corrected chi connectivity index (χ3v) is 3.83. The molecule has 1 amide bonds. The van der Waals surface area contributed by atoms with Crippen LogP contribution in [0.2, 0.25) is 0 Å². The second-order valence-electron chi connectivity index (χ2n) is 5.71. The summed E-state index contributed by atoms with van der Waals surface area (Å²) >= 11 is 0. The lowest BCUT2D eigenvalue weighted by Gasteiger charge is -2.23. The fraction of sp³-hybridized carbons (Fsp3) is 0.300. The van der Waals surface area contributed by atoms with Crippen LogP contribution in [0.15, 0.2) is 54.6 Å². The van der Waals surface area contributed by atoms with E-state index >= 15 is 0 Å². The monoisotopic (exact) mass is 341 g/mol. The summed E-state index contributed by atoms with van der Waals surface area (Å²) in [6.45, 7) is 4.44. The Morgan fingerprint density at radius 1 is 1.04 bits per heavy atom. The number of carbonyl (C=O) groups excluding carboxylic acids is 2. The van der Waals surface area contributed by atoms with Crippen LogP contribution >= 0.6 is 0 Å². The van der Waals surface area contributed by atoms with Crippen molar-refractivity contribution in [2.24, 2.45) is 5.92 Å². The lowest BCUT2D eigenvalue weighted by molar-refractivity contribution is -0.145.